The van der Waals surface area contributed by atoms with E-state index in [-0.39, 0.29) is 11.8 Å². The van der Waals surface area contributed by atoms with Gasteiger partial charge in [-0.1, -0.05) is 13.8 Å². The van der Waals surface area contributed by atoms with Crippen molar-refractivity contribution in [2.24, 2.45) is 11.8 Å². The molecule has 0 aromatic carbocycles. The average Bonchev–Trinajstić information content (AvgIpc) is 2.65. The van der Waals surface area contributed by atoms with E-state index in [4.69, 9.17) is 5.84 Å². The molecule has 0 fully saturated rings. The maximum absolute atomic E-state index is 11.2. The summed E-state index contributed by atoms with van der Waals surface area (Å²) in [6.07, 6.45) is 5.64. The predicted octanol–water partition coefficient (Wildman–Crippen LogP) is 0.462. The monoisotopic (exact) mass is 210 g/mol. The van der Waals surface area contributed by atoms with E-state index in [1.807, 2.05) is 17.7 Å². The summed E-state index contributed by atoms with van der Waals surface area (Å²) >= 11 is 0. The van der Waals surface area contributed by atoms with Crippen molar-refractivity contribution in [3.63, 3.8) is 0 Å². The van der Waals surface area contributed by atoms with Crippen LogP contribution >= 0.6 is 0 Å². The van der Waals surface area contributed by atoms with E-state index >= 15 is 0 Å². The smallest absolute Gasteiger partial charge is 0.238 e. The second kappa shape index (κ2) is 5.50. The zero-order valence-corrected chi connectivity index (χ0v) is 9.23. The number of aryl methyl sites for hydroxylation is 1. The molecule has 84 valence electrons. The van der Waals surface area contributed by atoms with Crippen molar-refractivity contribution in [3.8, 4) is 0 Å². The Labute approximate surface area is 89.6 Å². The Balaban J connectivity index is 2.63. The first-order valence-electron chi connectivity index (χ1n) is 5.19. The lowest BCUT2D eigenvalue weighted by atomic mass is 10.1. The molecular formula is C10H18N4O. The number of nitrogens with zero attached hydrogens (tertiary/aromatic N) is 2. The van der Waals surface area contributed by atoms with Crippen molar-refractivity contribution in [2.45, 2.75) is 33.2 Å². The normalized spacial score (nSPS) is 12.5. The van der Waals surface area contributed by atoms with Crippen LogP contribution in [0.1, 0.15) is 26.1 Å². The second-order valence-electron chi connectivity index (χ2n) is 3.66. The lowest BCUT2D eigenvalue weighted by Crippen LogP contribution is -2.36. The standard InChI is InChI=1S/C10H18N4O/c1-3-4-9-12-5-6-14(9)7-8(2)10(15)13-11/h5-6,8H,3-4,7,11H2,1-2H3,(H,13,15). The van der Waals surface area contributed by atoms with Crippen LogP contribution in [-0.4, -0.2) is 15.5 Å². The molecule has 0 aliphatic rings. The SMILES string of the molecule is CCCc1nccn1CC(C)C(=O)NN. The van der Waals surface area contributed by atoms with Crippen LogP contribution in [0.5, 0.6) is 0 Å². The molecule has 5 heteroatoms. The average molecular weight is 210 g/mol. The van der Waals surface area contributed by atoms with Gasteiger partial charge in [0.15, 0.2) is 0 Å². The topological polar surface area (TPSA) is 72.9 Å². The van der Waals surface area contributed by atoms with Gasteiger partial charge in [-0.05, 0) is 6.42 Å². The molecule has 3 N–H and O–H groups in total. The van der Waals surface area contributed by atoms with Gasteiger partial charge in [0.1, 0.15) is 5.82 Å². The van der Waals surface area contributed by atoms with Crippen LogP contribution in [0.25, 0.3) is 0 Å². The molecule has 0 aliphatic carbocycles. The number of hydrogen-bond donors (Lipinski definition) is 2. The minimum atomic E-state index is -0.147. The van der Waals surface area contributed by atoms with Crippen LogP contribution in [-0.2, 0) is 17.8 Å². The Hall–Kier alpha value is -1.36. The molecule has 5 nitrogen and oxygen atoms in total. The van der Waals surface area contributed by atoms with E-state index < -0.39 is 0 Å². The summed E-state index contributed by atoms with van der Waals surface area (Å²) in [6.45, 7) is 4.57. The minimum Gasteiger partial charge on any atom is -0.334 e. The molecule has 15 heavy (non-hydrogen) atoms. The van der Waals surface area contributed by atoms with Gasteiger partial charge in [0, 0.05) is 25.4 Å². The van der Waals surface area contributed by atoms with E-state index in [1.165, 1.54) is 0 Å². The molecule has 1 rings (SSSR count). The van der Waals surface area contributed by atoms with Gasteiger partial charge in [-0.2, -0.15) is 0 Å². The minimum absolute atomic E-state index is 0.139. The van der Waals surface area contributed by atoms with Gasteiger partial charge in [-0.15, -0.1) is 0 Å². The molecule has 0 bridgehead atoms. The number of carbonyl (C=O) groups is 1. The highest BCUT2D eigenvalue weighted by Gasteiger charge is 2.13. The van der Waals surface area contributed by atoms with E-state index in [0.29, 0.717) is 6.54 Å². The fourth-order valence-electron chi connectivity index (χ4n) is 1.48. The van der Waals surface area contributed by atoms with E-state index in [0.717, 1.165) is 18.7 Å². The van der Waals surface area contributed by atoms with Crippen molar-refractivity contribution in [1.82, 2.24) is 15.0 Å². The van der Waals surface area contributed by atoms with Gasteiger partial charge in [0.25, 0.3) is 0 Å². The second-order valence-corrected chi connectivity index (χ2v) is 3.66. The Bertz CT molecular complexity index is 321. The summed E-state index contributed by atoms with van der Waals surface area (Å²) < 4.78 is 2.00. The molecule has 1 atom stereocenters. The molecular weight excluding hydrogens is 192 g/mol. The fourth-order valence-corrected chi connectivity index (χ4v) is 1.48. The molecule has 1 unspecified atom stereocenters. The van der Waals surface area contributed by atoms with Crippen molar-refractivity contribution in [2.75, 3.05) is 0 Å². The predicted molar refractivity (Wildman–Crippen MR) is 57.7 cm³/mol. The zero-order chi connectivity index (χ0) is 11.3. The van der Waals surface area contributed by atoms with Crippen LogP contribution in [0.4, 0.5) is 0 Å². The van der Waals surface area contributed by atoms with Gasteiger partial charge in [-0.3, -0.25) is 10.2 Å². The first-order valence-corrected chi connectivity index (χ1v) is 5.19. The number of nitrogens with two attached hydrogens (primary N) is 1. The molecule has 1 aromatic heterocycles. The lowest BCUT2D eigenvalue weighted by molar-refractivity contribution is -0.124. The van der Waals surface area contributed by atoms with Crippen LogP contribution in [0, 0.1) is 5.92 Å². The summed E-state index contributed by atoms with van der Waals surface area (Å²) in [4.78, 5) is 15.5. The van der Waals surface area contributed by atoms with Gasteiger partial charge >= 0.3 is 0 Å². The summed E-state index contributed by atoms with van der Waals surface area (Å²) in [5.74, 6) is 5.81. The molecule has 0 saturated carbocycles. The molecule has 0 radical (unpaired) electrons. The maximum Gasteiger partial charge on any atom is 0.238 e. The Kier molecular flexibility index (Phi) is 4.30. The van der Waals surface area contributed by atoms with Crippen LogP contribution < -0.4 is 11.3 Å². The van der Waals surface area contributed by atoms with E-state index in [1.54, 1.807) is 6.20 Å². The van der Waals surface area contributed by atoms with Crippen molar-refractivity contribution < 1.29 is 4.79 Å². The number of nitrogens with one attached hydrogen (secondary N) is 1. The Morgan fingerprint density at radius 2 is 2.47 bits per heavy atom. The van der Waals surface area contributed by atoms with E-state index in [9.17, 15) is 4.79 Å². The summed E-state index contributed by atoms with van der Waals surface area (Å²) in [6, 6.07) is 0. The number of carbonyl (C=O) groups excluding carboxylic acids is 1. The zero-order valence-electron chi connectivity index (χ0n) is 9.23. The van der Waals surface area contributed by atoms with Crippen LogP contribution in [0.15, 0.2) is 12.4 Å². The number of hydrogen-bond acceptors (Lipinski definition) is 3. The number of amides is 1. The molecule has 0 spiro atoms. The third-order valence-corrected chi connectivity index (χ3v) is 2.34. The highest BCUT2D eigenvalue weighted by atomic mass is 16.2. The van der Waals surface area contributed by atoms with Crippen molar-refractivity contribution >= 4 is 5.91 Å². The number of hydrazine groups is 1. The first-order chi connectivity index (χ1) is 7.19. The van der Waals surface area contributed by atoms with Gasteiger partial charge in [0.05, 0.1) is 5.92 Å². The summed E-state index contributed by atoms with van der Waals surface area (Å²) in [7, 11) is 0. The third-order valence-electron chi connectivity index (χ3n) is 2.34. The van der Waals surface area contributed by atoms with Crippen molar-refractivity contribution in [1.29, 1.82) is 0 Å². The third kappa shape index (κ3) is 3.06. The van der Waals surface area contributed by atoms with Crippen LogP contribution in [0.2, 0.25) is 0 Å². The molecule has 1 amide bonds. The highest BCUT2D eigenvalue weighted by Crippen LogP contribution is 2.06. The summed E-state index contributed by atoms with van der Waals surface area (Å²) in [5.41, 5.74) is 2.16. The largest absolute Gasteiger partial charge is 0.334 e. The Morgan fingerprint density at radius 3 is 3.07 bits per heavy atom. The van der Waals surface area contributed by atoms with Gasteiger partial charge in [0.2, 0.25) is 5.91 Å². The highest BCUT2D eigenvalue weighted by molar-refractivity contribution is 5.77. The number of rotatable bonds is 5. The van der Waals surface area contributed by atoms with Gasteiger partial charge in [-0.25, -0.2) is 10.8 Å². The fraction of sp³-hybridized carbons (Fsp3) is 0.600. The van der Waals surface area contributed by atoms with E-state index in [2.05, 4.69) is 17.3 Å². The number of imidazole rings is 1. The molecule has 1 heterocycles. The van der Waals surface area contributed by atoms with Gasteiger partial charge < -0.3 is 4.57 Å². The molecule has 0 aliphatic heterocycles. The van der Waals surface area contributed by atoms with Crippen molar-refractivity contribution in [3.05, 3.63) is 18.2 Å². The Morgan fingerprint density at radius 1 is 1.73 bits per heavy atom. The molecule has 1 aromatic rings. The summed E-state index contributed by atoms with van der Waals surface area (Å²) in [5, 5.41) is 0. The van der Waals surface area contributed by atoms with Crippen LogP contribution in [0.3, 0.4) is 0 Å². The maximum atomic E-state index is 11.2. The first kappa shape index (κ1) is 11.7. The molecule has 0 saturated heterocycles. The lowest BCUT2D eigenvalue weighted by Gasteiger charge is -2.12. The number of aromatic nitrogens is 2. The quantitative estimate of drug-likeness (QED) is 0.421.